The summed E-state index contributed by atoms with van der Waals surface area (Å²) in [4.78, 5) is 16.7. The van der Waals surface area contributed by atoms with Crippen LogP contribution in [-0.4, -0.2) is 55.9 Å². The van der Waals surface area contributed by atoms with Crippen molar-refractivity contribution in [2.24, 2.45) is 5.92 Å². The highest BCUT2D eigenvalue weighted by atomic mass is 35.5. The Labute approximate surface area is 127 Å². The Morgan fingerprint density at radius 2 is 1.85 bits per heavy atom. The van der Waals surface area contributed by atoms with Gasteiger partial charge in [0.1, 0.15) is 0 Å². The molecule has 0 bridgehead atoms. The summed E-state index contributed by atoms with van der Waals surface area (Å²) in [6, 6.07) is 7.26. The summed E-state index contributed by atoms with van der Waals surface area (Å²) in [6.45, 7) is 7.52. The quantitative estimate of drug-likeness (QED) is 0.689. The number of halogens is 1. The van der Waals surface area contributed by atoms with Crippen molar-refractivity contribution in [2.45, 2.75) is 13.8 Å². The number of hydrogen-bond acceptors (Lipinski definition) is 3. The normalized spacial score (nSPS) is 11.6. The maximum atomic E-state index is 12.4. The summed E-state index contributed by atoms with van der Waals surface area (Å²) in [6.07, 6.45) is 0. The summed E-state index contributed by atoms with van der Waals surface area (Å²) in [7, 11) is 4.09. The first kappa shape index (κ1) is 17.2. The number of ketones is 1. The van der Waals surface area contributed by atoms with Crippen LogP contribution < -0.4 is 0 Å². The molecule has 0 spiro atoms. The van der Waals surface area contributed by atoms with Gasteiger partial charge < -0.3 is 4.90 Å². The SMILES string of the molecule is CC(C)CN(CCN(C)C)CC(=O)c1ccccc1Cl. The molecule has 0 N–H and O–H groups in total. The minimum atomic E-state index is 0.0926. The van der Waals surface area contributed by atoms with Gasteiger partial charge in [-0.1, -0.05) is 37.6 Å². The molecule has 0 amide bonds. The molecule has 0 aromatic heterocycles. The smallest absolute Gasteiger partial charge is 0.178 e. The Bertz CT molecular complexity index is 432. The largest absolute Gasteiger partial charge is 0.308 e. The maximum Gasteiger partial charge on any atom is 0.178 e. The number of Topliss-reactive ketones (excluding diaryl/α,β-unsaturated/α-hetero) is 1. The Kier molecular flexibility index (Phi) is 7.20. The molecule has 0 unspecified atom stereocenters. The van der Waals surface area contributed by atoms with E-state index in [1.54, 1.807) is 12.1 Å². The molecule has 112 valence electrons. The van der Waals surface area contributed by atoms with Gasteiger partial charge in [-0.05, 0) is 32.1 Å². The second-order valence-electron chi connectivity index (χ2n) is 5.84. The molecule has 0 aliphatic carbocycles. The van der Waals surface area contributed by atoms with E-state index in [4.69, 9.17) is 11.6 Å². The number of nitrogens with zero attached hydrogens (tertiary/aromatic N) is 2. The zero-order valence-electron chi connectivity index (χ0n) is 12.9. The summed E-state index contributed by atoms with van der Waals surface area (Å²) >= 11 is 6.09. The van der Waals surface area contributed by atoms with Gasteiger partial charge in [-0.2, -0.15) is 0 Å². The first-order valence-corrected chi connectivity index (χ1v) is 7.42. The first-order chi connectivity index (χ1) is 9.40. The van der Waals surface area contributed by atoms with E-state index in [2.05, 4.69) is 23.6 Å². The molecular formula is C16H25ClN2O. The van der Waals surface area contributed by atoms with E-state index >= 15 is 0 Å². The van der Waals surface area contributed by atoms with Crippen LogP contribution in [0.2, 0.25) is 5.02 Å². The molecule has 4 heteroatoms. The molecule has 3 nitrogen and oxygen atoms in total. The van der Waals surface area contributed by atoms with E-state index in [1.807, 2.05) is 26.2 Å². The predicted octanol–water partition coefficient (Wildman–Crippen LogP) is 3.04. The van der Waals surface area contributed by atoms with Gasteiger partial charge in [0, 0.05) is 25.2 Å². The third kappa shape index (κ3) is 6.04. The first-order valence-electron chi connectivity index (χ1n) is 7.05. The van der Waals surface area contributed by atoms with Gasteiger partial charge in [0.25, 0.3) is 0 Å². The van der Waals surface area contributed by atoms with Crippen LogP contribution in [0, 0.1) is 5.92 Å². The van der Waals surface area contributed by atoms with Crippen LogP contribution in [0.3, 0.4) is 0 Å². The Balaban J connectivity index is 2.68. The molecule has 0 aliphatic rings. The summed E-state index contributed by atoms with van der Waals surface area (Å²) < 4.78 is 0. The minimum Gasteiger partial charge on any atom is -0.308 e. The van der Waals surface area contributed by atoms with Gasteiger partial charge in [0.15, 0.2) is 5.78 Å². The fourth-order valence-electron chi connectivity index (χ4n) is 2.07. The lowest BCUT2D eigenvalue weighted by molar-refractivity contribution is 0.0916. The van der Waals surface area contributed by atoms with Gasteiger partial charge >= 0.3 is 0 Å². The van der Waals surface area contributed by atoms with Gasteiger partial charge in [-0.25, -0.2) is 0 Å². The third-order valence-electron chi connectivity index (χ3n) is 3.03. The molecule has 0 heterocycles. The van der Waals surface area contributed by atoms with E-state index in [0.717, 1.165) is 19.6 Å². The molecule has 1 aromatic rings. The molecule has 0 aliphatic heterocycles. The number of carbonyl (C=O) groups excluding carboxylic acids is 1. The van der Waals surface area contributed by atoms with Crippen molar-refractivity contribution in [1.82, 2.24) is 9.80 Å². The third-order valence-corrected chi connectivity index (χ3v) is 3.36. The van der Waals surface area contributed by atoms with Crippen LogP contribution in [0.4, 0.5) is 0 Å². The topological polar surface area (TPSA) is 23.6 Å². The monoisotopic (exact) mass is 296 g/mol. The van der Waals surface area contributed by atoms with E-state index in [-0.39, 0.29) is 5.78 Å². The van der Waals surface area contributed by atoms with Crippen molar-refractivity contribution in [1.29, 1.82) is 0 Å². The molecule has 0 radical (unpaired) electrons. The molecular weight excluding hydrogens is 272 g/mol. The van der Waals surface area contributed by atoms with Crippen LogP contribution in [-0.2, 0) is 0 Å². The number of likely N-dealkylation sites (N-methyl/N-ethyl adjacent to an activating group) is 1. The number of benzene rings is 1. The minimum absolute atomic E-state index is 0.0926. The highest BCUT2D eigenvalue weighted by Crippen LogP contribution is 2.16. The Morgan fingerprint density at radius 3 is 2.40 bits per heavy atom. The molecule has 0 atom stereocenters. The molecule has 0 saturated carbocycles. The van der Waals surface area contributed by atoms with E-state index in [9.17, 15) is 4.79 Å². The standard InChI is InChI=1S/C16H25ClN2O/c1-13(2)11-19(10-9-18(3)4)12-16(20)14-7-5-6-8-15(14)17/h5-8,13H,9-12H2,1-4H3. The van der Waals surface area contributed by atoms with Crippen molar-refractivity contribution in [3.63, 3.8) is 0 Å². The number of rotatable bonds is 8. The van der Waals surface area contributed by atoms with Gasteiger partial charge in [0.2, 0.25) is 0 Å². The number of hydrogen-bond donors (Lipinski definition) is 0. The molecule has 0 fully saturated rings. The summed E-state index contributed by atoms with van der Waals surface area (Å²) in [5.41, 5.74) is 0.618. The summed E-state index contributed by atoms with van der Waals surface area (Å²) in [5.74, 6) is 0.631. The molecule has 1 rings (SSSR count). The second kappa shape index (κ2) is 8.40. The fourth-order valence-corrected chi connectivity index (χ4v) is 2.31. The fraction of sp³-hybridized carbons (Fsp3) is 0.562. The van der Waals surface area contributed by atoms with Crippen molar-refractivity contribution >= 4 is 17.4 Å². The van der Waals surface area contributed by atoms with Crippen molar-refractivity contribution in [3.05, 3.63) is 34.9 Å². The van der Waals surface area contributed by atoms with Gasteiger partial charge in [-0.3, -0.25) is 9.69 Å². The lowest BCUT2D eigenvalue weighted by Crippen LogP contribution is -2.38. The Hall–Kier alpha value is -0.900. The number of carbonyl (C=O) groups is 1. The lowest BCUT2D eigenvalue weighted by Gasteiger charge is -2.25. The average molecular weight is 297 g/mol. The van der Waals surface area contributed by atoms with Crippen molar-refractivity contribution in [3.8, 4) is 0 Å². The van der Waals surface area contributed by atoms with Crippen LogP contribution in [0.25, 0.3) is 0 Å². The van der Waals surface area contributed by atoms with Crippen LogP contribution in [0.15, 0.2) is 24.3 Å². The highest BCUT2D eigenvalue weighted by molar-refractivity contribution is 6.34. The van der Waals surface area contributed by atoms with E-state index < -0.39 is 0 Å². The molecule has 1 aromatic carbocycles. The zero-order valence-corrected chi connectivity index (χ0v) is 13.7. The molecule has 20 heavy (non-hydrogen) atoms. The average Bonchev–Trinajstić information content (AvgIpc) is 2.35. The van der Waals surface area contributed by atoms with E-state index in [1.165, 1.54) is 0 Å². The van der Waals surface area contributed by atoms with Gasteiger partial charge in [0.05, 0.1) is 11.6 Å². The second-order valence-corrected chi connectivity index (χ2v) is 6.24. The molecule has 0 saturated heterocycles. The Morgan fingerprint density at radius 1 is 1.20 bits per heavy atom. The van der Waals surface area contributed by atoms with Crippen LogP contribution >= 0.6 is 11.6 Å². The van der Waals surface area contributed by atoms with Crippen LogP contribution in [0.1, 0.15) is 24.2 Å². The maximum absolute atomic E-state index is 12.4. The lowest BCUT2D eigenvalue weighted by atomic mass is 10.1. The highest BCUT2D eigenvalue weighted by Gasteiger charge is 2.15. The van der Waals surface area contributed by atoms with Gasteiger partial charge in [-0.15, -0.1) is 0 Å². The van der Waals surface area contributed by atoms with Crippen molar-refractivity contribution < 1.29 is 4.79 Å². The van der Waals surface area contributed by atoms with E-state index in [0.29, 0.717) is 23.0 Å². The summed E-state index contributed by atoms with van der Waals surface area (Å²) in [5, 5.41) is 0.537. The van der Waals surface area contributed by atoms with Crippen LogP contribution in [0.5, 0.6) is 0 Å². The van der Waals surface area contributed by atoms with Crippen molar-refractivity contribution in [2.75, 3.05) is 40.3 Å². The predicted molar refractivity (Wildman–Crippen MR) is 85.6 cm³/mol. The zero-order chi connectivity index (χ0) is 15.1.